The number of rotatable bonds is 6. The molecule has 7 heteroatoms. The lowest BCUT2D eigenvalue weighted by Gasteiger charge is -2.14. The molecule has 1 N–H and O–H groups in total. The summed E-state index contributed by atoms with van der Waals surface area (Å²) < 4.78 is 45.1. The minimum Gasteiger partial charge on any atom is -0.491 e. The third-order valence-corrected chi connectivity index (χ3v) is 2.41. The van der Waals surface area contributed by atoms with E-state index in [4.69, 9.17) is 16.3 Å². The van der Waals surface area contributed by atoms with Crippen molar-refractivity contribution >= 4 is 11.6 Å². The fraction of sp³-hybridized carbons (Fsp3) is 0.500. The predicted molar refractivity (Wildman–Crippen MR) is 64.5 cm³/mol. The van der Waals surface area contributed by atoms with Crippen LogP contribution in [0, 0.1) is 0 Å². The van der Waals surface area contributed by atoms with Gasteiger partial charge in [-0.05, 0) is 25.1 Å². The van der Waals surface area contributed by atoms with E-state index in [1.165, 1.54) is 6.07 Å². The summed E-state index contributed by atoms with van der Waals surface area (Å²) in [6.07, 6.45) is -5.13. The van der Waals surface area contributed by atoms with Crippen LogP contribution < -0.4 is 4.74 Å². The first kappa shape index (κ1) is 16.1. The Balaban J connectivity index is 2.45. The van der Waals surface area contributed by atoms with Crippen molar-refractivity contribution in [2.75, 3.05) is 19.8 Å². The molecule has 0 bridgehead atoms. The highest BCUT2D eigenvalue weighted by Gasteiger charge is 2.27. The molecule has 19 heavy (non-hydrogen) atoms. The van der Waals surface area contributed by atoms with Crippen LogP contribution in [-0.4, -0.2) is 31.1 Å². The van der Waals surface area contributed by atoms with Crippen LogP contribution in [0.4, 0.5) is 13.2 Å². The van der Waals surface area contributed by atoms with Gasteiger partial charge in [0, 0.05) is 10.6 Å². The highest BCUT2D eigenvalue weighted by atomic mass is 35.5. The van der Waals surface area contributed by atoms with E-state index in [0.29, 0.717) is 16.3 Å². The summed E-state index contributed by atoms with van der Waals surface area (Å²) in [6, 6.07) is 4.66. The lowest BCUT2D eigenvalue weighted by atomic mass is 10.1. The van der Waals surface area contributed by atoms with Gasteiger partial charge in [0.05, 0.1) is 12.7 Å². The monoisotopic (exact) mass is 298 g/mol. The highest BCUT2D eigenvalue weighted by Crippen LogP contribution is 2.28. The predicted octanol–water partition coefficient (Wildman–Crippen LogP) is 3.35. The van der Waals surface area contributed by atoms with Crippen LogP contribution >= 0.6 is 11.6 Å². The normalized spacial score (nSPS) is 13.4. The van der Waals surface area contributed by atoms with E-state index in [1.807, 2.05) is 0 Å². The van der Waals surface area contributed by atoms with Crippen molar-refractivity contribution in [3.63, 3.8) is 0 Å². The van der Waals surface area contributed by atoms with E-state index in [2.05, 4.69) is 4.74 Å². The molecule has 0 heterocycles. The molecule has 0 radical (unpaired) electrons. The van der Waals surface area contributed by atoms with E-state index < -0.39 is 18.9 Å². The number of hydrogen-bond donors (Lipinski definition) is 1. The van der Waals surface area contributed by atoms with Gasteiger partial charge in [0.2, 0.25) is 0 Å². The molecule has 0 unspecified atom stereocenters. The SMILES string of the molecule is C[C@@H](O)c1cc(Cl)ccc1OCCOCC(F)(F)F. The maximum absolute atomic E-state index is 11.8. The van der Waals surface area contributed by atoms with Crippen LogP contribution in [0.25, 0.3) is 0 Å². The van der Waals surface area contributed by atoms with Crippen molar-refractivity contribution in [1.82, 2.24) is 0 Å². The molecule has 0 aliphatic rings. The number of ether oxygens (including phenoxy) is 2. The standard InChI is InChI=1S/C12H14ClF3O3/c1-8(17)10-6-9(13)2-3-11(10)19-5-4-18-7-12(14,15)16/h2-3,6,8,17H,4-5,7H2,1H3/t8-/m1/s1. The van der Waals surface area contributed by atoms with Crippen molar-refractivity contribution in [2.45, 2.75) is 19.2 Å². The molecule has 1 aromatic rings. The maximum atomic E-state index is 11.8. The molecular weight excluding hydrogens is 285 g/mol. The van der Waals surface area contributed by atoms with Gasteiger partial charge >= 0.3 is 6.18 Å². The van der Waals surface area contributed by atoms with Gasteiger partial charge in [0.25, 0.3) is 0 Å². The van der Waals surface area contributed by atoms with E-state index in [1.54, 1.807) is 19.1 Å². The average Bonchev–Trinajstić information content (AvgIpc) is 2.28. The second kappa shape index (κ2) is 6.98. The minimum absolute atomic E-state index is 0.0442. The molecule has 0 aliphatic heterocycles. The Morgan fingerprint density at radius 1 is 1.32 bits per heavy atom. The summed E-state index contributed by atoms with van der Waals surface area (Å²) >= 11 is 5.78. The fourth-order valence-electron chi connectivity index (χ4n) is 1.38. The van der Waals surface area contributed by atoms with Gasteiger partial charge in [0.15, 0.2) is 0 Å². The molecular formula is C12H14ClF3O3. The molecule has 0 saturated heterocycles. The smallest absolute Gasteiger partial charge is 0.411 e. The first-order chi connectivity index (χ1) is 8.79. The van der Waals surface area contributed by atoms with Crippen LogP contribution in [0.3, 0.4) is 0 Å². The number of halogens is 4. The van der Waals surface area contributed by atoms with E-state index >= 15 is 0 Å². The van der Waals surface area contributed by atoms with Gasteiger partial charge in [-0.2, -0.15) is 13.2 Å². The maximum Gasteiger partial charge on any atom is 0.411 e. The third-order valence-electron chi connectivity index (χ3n) is 2.17. The first-order valence-corrected chi connectivity index (χ1v) is 5.92. The number of alkyl halides is 3. The molecule has 0 saturated carbocycles. The van der Waals surface area contributed by atoms with Crippen molar-refractivity contribution in [3.8, 4) is 5.75 Å². The van der Waals surface area contributed by atoms with Gasteiger partial charge in [0.1, 0.15) is 19.0 Å². The van der Waals surface area contributed by atoms with Crippen molar-refractivity contribution in [1.29, 1.82) is 0 Å². The lowest BCUT2D eigenvalue weighted by molar-refractivity contribution is -0.175. The minimum atomic E-state index is -4.34. The van der Waals surface area contributed by atoms with Gasteiger partial charge in [-0.3, -0.25) is 0 Å². The second-order valence-electron chi connectivity index (χ2n) is 3.87. The summed E-state index contributed by atoms with van der Waals surface area (Å²) in [4.78, 5) is 0. The quantitative estimate of drug-likeness (QED) is 0.819. The molecule has 0 amide bonds. The first-order valence-electron chi connectivity index (χ1n) is 5.54. The lowest BCUT2D eigenvalue weighted by Crippen LogP contribution is -2.19. The van der Waals surface area contributed by atoms with Crippen LogP contribution in [-0.2, 0) is 4.74 Å². The number of aliphatic hydroxyl groups excluding tert-OH is 1. The Labute approximate surface area is 113 Å². The largest absolute Gasteiger partial charge is 0.491 e. The Bertz CT molecular complexity index is 408. The summed E-state index contributed by atoms with van der Waals surface area (Å²) in [7, 11) is 0. The molecule has 0 aromatic heterocycles. The van der Waals surface area contributed by atoms with Crippen molar-refractivity contribution < 1.29 is 27.8 Å². The topological polar surface area (TPSA) is 38.7 Å². The van der Waals surface area contributed by atoms with Crippen molar-refractivity contribution in [2.24, 2.45) is 0 Å². The Hall–Kier alpha value is -0.980. The summed E-state index contributed by atoms with van der Waals surface area (Å²) in [5.74, 6) is 0.370. The van der Waals surface area contributed by atoms with Crippen LogP contribution in [0.1, 0.15) is 18.6 Å². The summed E-state index contributed by atoms with van der Waals surface area (Å²) in [5, 5.41) is 9.96. The molecule has 0 aliphatic carbocycles. The van der Waals surface area contributed by atoms with Gasteiger partial charge in [-0.1, -0.05) is 11.6 Å². The Kier molecular flexibility index (Phi) is 5.90. The number of benzene rings is 1. The Morgan fingerprint density at radius 2 is 2.00 bits per heavy atom. The molecule has 0 spiro atoms. The molecule has 1 atom stereocenters. The van der Waals surface area contributed by atoms with E-state index in [9.17, 15) is 18.3 Å². The zero-order valence-corrected chi connectivity index (χ0v) is 11.0. The van der Waals surface area contributed by atoms with E-state index in [0.717, 1.165) is 0 Å². The molecule has 1 rings (SSSR count). The van der Waals surface area contributed by atoms with E-state index in [-0.39, 0.29) is 13.2 Å². The Morgan fingerprint density at radius 3 is 2.58 bits per heavy atom. The zero-order valence-electron chi connectivity index (χ0n) is 10.2. The number of hydrogen-bond acceptors (Lipinski definition) is 3. The highest BCUT2D eigenvalue weighted by molar-refractivity contribution is 6.30. The third kappa shape index (κ3) is 6.13. The molecule has 1 aromatic carbocycles. The molecule has 0 fully saturated rings. The van der Waals surface area contributed by atoms with Crippen LogP contribution in [0.2, 0.25) is 5.02 Å². The summed E-state index contributed by atoms with van der Waals surface area (Å²) in [5.41, 5.74) is 0.475. The zero-order chi connectivity index (χ0) is 14.5. The second-order valence-corrected chi connectivity index (χ2v) is 4.31. The van der Waals surface area contributed by atoms with Gasteiger partial charge in [-0.15, -0.1) is 0 Å². The van der Waals surface area contributed by atoms with Crippen LogP contribution in [0.5, 0.6) is 5.75 Å². The molecule has 108 valence electrons. The summed E-state index contributed by atoms with van der Waals surface area (Å²) in [6.45, 7) is -0.00225. The number of aliphatic hydroxyl groups is 1. The van der Waals surface area contributed by atoms with Gasteiger partial charge in [-0.25, -0.2) is 0 Å². The molecule has 3 nitrogen and oxygen atoms in total. The van der Waals surface area contributed by atoms with Crippen molar-refractivity contribution in [3.05, 3.63) is 28.8 Å². The average molecular weight is 299 g/mol. The fourth-order valence-corrected chi connectivity index (χ4v) is 1.56. The van der Waals surface area contributed by atoms with Gasteiger partial charge < -0.3 is 14.6 Å². The van der Waals surface area contributed by atoms with Crippen LogP contribution in [0.15, 0.2) is 18.2 Å².